The lowest BCUT2D eigenvalue weighted by molar-refractivity contribution is 0.0679. The van der Waals surface area contributed by atoms with Gasteiger partial charge in [-0.25, -0.2) is 0 Å². The van der Waals surface area contributed by atoms with E-state index in [1.165, 1.54) is 32.5 Å². The Morgan fingerprint density at radius 1 is 1.29 bits per heavy atom. The molecule has 2 unspecified atom stereocenters. The summed E-state index contributed by atoms with van der Waals surface area (Å²) < 4.78 is 5.69. The van der Waals surface area contributed by atoms with Crippen LogP contribution < -0.4 is 5.32 Å². The van der Waals surface area contributed by atoms with Gasteiger partial charge < -0.3 is 10.1 Å². The van der Waals surface area contributed by atoms with E-state index in [1.807, 2.05) is 0 Å². The zero-order chi connectivity index (χ0) is 12.3. The highest BCUT2D eigenvalue weighted by Gasteiger charge is 2.48. The summed E-state index contributed by atoms with van der Waals surface area (Å²) in [7, 11) is 0. The minimum absolute atomic E-state index is 0.349. The minimum Gasteiger partial charge on any atom is -0.380 e. The van der Waals surface area contributed by atoms with E-state index >= 15 is 0 Å². The van der Waals surface area contributed by atoms with Crippen LogP contribution in [0, 0.1) is 11.8 Å². The SMILES string of the molecule is CCCCOCCN1CC2CNCC2C1(C)C. The lowest BCUT2D eigenvalue weighted by Gasteiger charge is -2.35. The third-order valence-electron chi connectivity index (χ3n) is 4.66. The Morgan fingerprint density at radius 3 is 2.82 bits per heavy atom. The lowest BCUT2D eigenvalue weighted by Crippen LogP contribution is -2.45. The third kappa shape index (κ3) is 2.83. The molecule has 1 N–H and O–H groups in total. The van der Waals surface area contributed by atoms with Gasteiger partial charge in [-0.1, -0.05) is 13.3 Å². The summed E-state index contributed by atoms with van der Waals surface area (Å²) in [4.78, 5) is 2.63. The fourth-order valence-corrected chi connectivity index (χ4v) is 3.41. The van der Waals surface area contributed by atoms with E-state index in [0.717, 1.165) is 31.6 Å². The number of rotatable bonds is 6. The molecule has 17 heavy (non-hydrogen) atoms. The molecule has 0 amide bonds. The normalized spacial score (nSPS) is 31.9. The second-order valence-corrected chi connectivity index (χ2v) is 6.09. The molecule has 2 aliphatic rings. The lowest BCUT2D eigenvalue weighted by atomic mass is 9.85. The number of hydrogen-bond acceptors (Lipinski definition) is 3. The molecule has 100 valence electrons. The Balaban J connectivity index is 1.74. The molecule has 2 aliphatic heterocycles. The van der Waals surface area contributed by atoms with Gasteiger partial charge in [-0.05, 0) is 38.6 Å². The van der Waals surface area contributed by atoms with Crippen LogP contribution in [0.25, 0.3) is 0 Å². The van der Waals surface area contributed by atoms with Gasteiger partial charge in [0.2, 0.25) is 0 Å². The largest absolute Gasteiger partial charge is 0.380 e. The van der Waals surface area contributed by atoms with Crippen molar-refractivity contribution in [1.82, 2.24) is 10.2 Å². The first-order chi connectivity index (χ1) is 8.16. The smallest absolute Gasteiger partial charge is 0.0593 e. The van der Waals surface area contributed by atoms with E-state index in [4.69, 9.17) is 4.74 Å². The van der Waals surface area contributed by atoms with Crippen molar-refractivity contribution in [2.45, 2.75) is 39.2 Å². The van der Waals surface area contributed by atoms with Gasteiger partial charge in [0.1, 0.15) is 0 Å². The highest BCUT2D eigenvalue weighted by Crippen LogP contribution is 2.40. The van der Waals surface area contributed by atoms with Crippen molar-refractivity contribution in [1.29, 1.82) is 0 Å². The zero-order valence-corrected chi connectivity index (χ0v) is 11.7. The van der Waals surface area contributed by atoms with Crippen LogP contribution in [0.1, 0.15) is 33.6 Å². The molecule has 0 aliphatic carbocycles. The molecule has 0 aromatic carbocycles. The summed E-state index contributed by atoms with van der Waals surface area (Å²) >= 11 is 0. The molecule has 0 radical (unpaired) electrons. The maximum absolute atomic E-state index is 5.69. The number of ether oxygens (including phenoxy) is 1. The number of nitrogens with one attached hydrogen (secondary N) is 1. The first-order valence-electron chi connectivity index (χ1n) is 7.19. The van der Waals surface area contributed by atoms with Crippen molar-refractivity contribution < 1.29 is 4.74 Å². The van der Waals surface area contributed by atoms with Crippen LogP contribution in [0.3, 0.4) is 0 Å². The van der Waals surface area contributed by atoms with Gasteiger partial charge in [0.25, 0.3) is 0 Å². The Kier molecular flexibility index (Phi) is 4.45. The standard InChI is InChI=1S/C14H28N2O/c1-4-5-7-17-8-6-16-11-12-9-15-10-13(12)14(16,2)3/h12-13,15H,4-11H2,1-3H3. The molecule has 2 fully saturated rings. The summed E-state index contributed by atoms with van der Waals surface area (Å²) in [5.41, 5.74) is 0.349. The van der Waals surface area contributed by atoms with Crippen LogP contribution in [-0.4, -0.2) is 49.8 Å². The maximum atomic E-state index is 5.69. The van der Waals surface area contributed by atoms with E-state index in [9.17, 15) is 0 Å². The number of likely N-dealkylation sites (tertiary alicyclic amines) is 1. The number of nitrogens with zero attached hydrogens (tertiary/aromatic N) is 1. The highest BCUT2D eigenvalue weighted by molar-refractivity contribution is 5.04. The van der Waals surface area contributed by atoms with Gasteiger partial charge in [0.15, 0.2) is 0 Å². The summed E-state index contributed by atoms with van der Waals surface area (Å²) in [6.07, 6.45) is 2.42. The van der Waals surface area contributed by atoms with Crippen LogP contribution in [0.4, 0.5) is 0 Å². The van der Waals surface area contributed by atoms with Crippen LogP contribution in [0.2, 0.25) is 0 Å². The molecule has 2 rings (SSSR count). The number of unbranched alkanes of at least 4 members (excludes halogenated alkanes) is 1. The fourth-order valence-electron chi connectivity index (χ4n) is 3.41. The summed E-state index contributed by atoms with van der Waals surface area (Å²) in [5, 5.41) is 3.53. The average Bonchev–Trinajstić information content (AvgIpc) is 2.83. The van der Waals surface area contributed by atoms with Crippen molar-refractivity contribution in [3.63, 3.8) is 0 Å². The summed E-state index contributed by atoms with van der Waals surface area (Å²) in [6, 6.07) is 0. The molecule has 0 spiro atoms. The van der Waals surface area contributed by atoms with E-state index in [-0.39, 0.29) is 0 Å². The second-order valence-electron chi connectivity index (χ2n) is 6.09. The zero-order valence-electron chi connectivity index (χ0n) is 11.7. The van der Waals surface area contributed by atoms with Crippen molar-refractivity contribution >= 4 is 0 Å². The van der Waals surface area contributed by atoms with E-state index in [2.05, 4.69) is 31.0 Å². The van der Waals surface area contributed by atoms with Crippen molar-refractivity contribution in [3.8, 4) is 0 Å². The van der Waals surface area contributed by atoms with Crippen LogP contribution in [0.15, 0.2) is 0 Å². The molecule has 2 atom stereocenters. The second kappa shape index (κ2) is 5.68. The molecule has 2 heterocycles. The first-order valence-corrected chi connectivity index (χ1v) is 7.19. The van der Waals surface area contributed by atoms with Gasteiger partial charge >= 0.3 is 0 Å². The topological polar surface area (TPSA) is 24.5 Å². The molecule has 0 aromatic heterocycles. The van der Waals surface area contributed by atoms with Crippen molar-refractivity contribution in [2.24, 2.45) is 11.8 Å². The third-order valence-corrected chi connectivity index (χ3v) is 4.66. The Labute approximate surface area is 106 Å². The van der Waals surface area contributed by atoms with Gasteiger partial charge in [-0.15, -0.1) is 0 Å². The predicted molar refractivity (Wildman–Crippen MR) is 71.2 cm³/mol. The molecular weight excluding hydrogens is 212 g/mol. The van der Waals surface area contributed by atoms with Crippen LogP contribution >= 0.6 is 0 Å². The quantitative estimate of drug-likeness (QED) is 0.716. The highest BCUT2D eigenvalue weighted by atomic mass is 16.5. The predicted octanol–water partition coefficient (Wildman–Crippen LogP) is 1.73. The minimum atomic E-state index is 0.349. The van der Waals surface area contributed by atoms with Crippen LogP contribution in [-0.2, 0) is 4.74 Å². The number of fused-ring (bicyclic) bond motifs is 1. The molecule has 2 saturated heterocycles. The van der Waals surface area contributed by atoms with Crippen LogP contribution in [0.5, 0.6) is 0 Å². The van der Waals surface area contributed by atoms with Gasteiger partial charge in [-0.2, -0.15) is 0 Å². The van der Waals surface area contributed by atoms with Gasteiger partial charge in [0.05, 0.1) is 6.61 Å². The molecule has 3 heteroatoms. The Morgan fingerprint density at radius 2 is 2.12 bits per heavy atom. The van der Waals surface area contributed by atoms with E-state index in [1.54, 1.807) is 0 Å². The maximum Gasteiger partial charge on any atom is 0.0593 e. The molecule has 0 saturated carbocycles. The first kappa shape index (κ1) is 13.3. The molecule has 3 nitrogen and oxygen atoms in total. The summed E-state index contributed by atoms with van der Waals surface area (Å²) in [5.74, 6) is 1.69. The molecule has 0 bridgehead atoms. The average molecular weight is 240 g/mol. The molecule has 0 aromatic rings. The Hall–Kier alpha value is -0.120. The Bertz CT molecular complexity index is 242. The van der Waals surface area contributed by atoms with E-state index in [0.29, 0.717) is 5.54 Å². The monoisotopic (exact) mass is 240 g/mol. The van der Waals surface area contributed by atoms with Gasteiger partial charge in [-0.3, -0.25) is 4.90 Å². The van der Waals surface area contributed by atoms with Crippen molar-refractivity contribution in [2.75, 3.05) is 39.4 Å². The summed E-state index contributed by atoms with van der Waals surface area (Å²) in [6.45, 7) is 13.6. The number of hydrogen-bond donors (Lipinski definition) is 1. The molecular formula is C14H28N2O. The van der Waals surface area contributed by atoms with Gasteiger partial charge in [0, 0.05) is 31.8 Å². The van der Waals surface area contributed by atoms with E-state index < -0.39 is 0 Å². The fraction of sp³-hybridized carbons (Fsp3) is 1.00. The van der Waals surface area contributed by atoms with Crippen molar-refractivity contribution in [3.05, 3.63) is 0 Å².